The zero-order chi connectivity index (χ0) is 14.0. The number of rotatable bonds is 4. The van der Waals surface area contributed by atoms with E-state index in [-0.39, 0.29) is 5.56 Å². The number of hydrogen-bond acceptors (Lipinski definition) is 4. The van der Waals surface area contributed by atoms with Crippen molar-refractivity contribution in [3.05, 3.63) is 35.9 Å². The lowest BCUT2D eigenvalue weighted by atomic mass is 10.2. The van der Waals surface area contributed by atoms with Crippen molar-refractivity contribution >= 4 is 20.0 Å². The third kappa shape index (κ3) is 3.96. The van der Waals surface area contributed by atoms with E-state index in [2.05, 4.69) is 0 Å². The molecule has 0 aliphatic heterocycles. The number of sulfonamides is 2. The SMILES string of the molecule is O=S(=O)(Cc1ccccc1)NS(=O)(=O)C(F)(F)F. The molecular weight excluding hydrogens is 295 g/mol. The van der Waals surface area contributed by atoms with Crippen molar-refractivity contribution < 1.29 is 30.0 Å². The van der Waals surface area contributed by atoms with Gasteiger partial charge in [0.1, 0.15) is 0 Å². The molecule has 0 saturated heterocycles. The van der Waals surface area contributed by atoms with Gasteiger partial charge >= 0.3 is 15.5 Å². The van der Waals surface area contributed by atoms with Gasteiger partial charge in [0.25, 0.3) is 0 Å². The van der Waals surface area contributed by atoms with Crippen LogP contribution in [0.5, 0.6) is 0 Å². The molecule has 102 valence electrons. The molecule has 0 amide bonds. The summed E-state index contributed by atoms with van der Waals surface area (Å²) in [6, 6.07) is 7.22. The van der Waals surface area contributed by atoms with Crippen molar-refractivity contribution in [1.29, 1.82) is 0 Å². The van der Waals surface area contributed by atoms with E-state index >= 15 is 0 Å². The van der Waals surface area contributed by atoms with Gasteiger partial charge in [0.05, 0.1) is 5.75 Å². The first-order valence-corrected chi connectivity index (χ1v) is 7.53. The summed E-state index contributed by atoms with van der Waals surface area (Å²) >= 11 is 0. The lowest BCUT2D eigenvalue weighted by Crippen LogP contribution is -2.40. The summed E-state index contributed by atoms with van der Waals surface area (Å²) in [5, 5.41) is 0. The minimum atomic E-state index is -5.91. The molecule has 18 heavy (non-hydrogen) atoms. The fourth-order valence-corrected chi connectivity index (χ4v) is 3.62. The van der Waals surface area contributed by atoms with Crippen LogP contribution in [0.3, 0.4) is 0 Å². The van der Waals surface area contributed by atoms with E-state index in [0.717, 1.165) is 0 Å². The topological polar surface area (TPSA) is 80.3 Å². The van der Waals surface area contributed by atoms with E-state index in [1.165, 1.54) is 24.3 Å². The molecule has 0 fully saturated rings. The maximum Gasteiger partial charge on any atom is 0.512 e. The standard InChI is InChI=1S/C8H8F3NO4S2/c9-8(10,11)18(15,16)12-17(13,14)6-7-4-2-1-3-5-7/h1-5,12H,6H2. The van der Waals surface area contributed by atoms with Crippen molar-refractivity contribution in [3.63, 3.8) is 0 Å². The van der Waals surface area contributed by atoms with Gasteiger partial charge in [-0.3, -0.25) is 0 Å². The van der Waals surface area contributed by atoms with E-state index in [0.29, 0.717) is 4.13 Å². The third-order valence-corrected chi connectivity index (χ3v) is 4.96. The highest BCUT2D eigenvalue weighted by Crippen LogP contribution is 2.22. The molecule has 0 aromatic heterocycles. The lowest BCUT2D eigenvalue weighted by Gasteiger charge is -2.10. The van der Waals surface area contributed by atoms with Crippen molar-refractivity contribution in [2.45, 2.75) is 11.3 Å². The van der Waals surface area contributed by atoms with Crippen LogP contribution in [0.1, 0.15) is 5.56 Å². The molecule has 10 heteroatoms. The summed E-state index contributed by atoms with van der Waals surface area (Å²) in [5.41, 5.74) is -5.50. The number of alkyl halides is 3. The first-order valence-electron chi connectivity index (χ1n) is 4.40. The Morgan fingerprint density at radius 3 is 1.94 bits per heavy atom. The predicted molar refractivity (Wildman–Crippen MR) is 57.2 cm³/mol. The highest BCUT2D eigenvalue weighted by atomic mass is 32.3. The minimum Gasteiger partial charge on any atom is -0.211 e. The summed E-state index contributed by atoms with van der Waals surface area (Å²) in [5.74, 6) is -0.858. The molecule has 0 bridgehead atoms. The summed E-state index contributed by atoms with van der Waals surface area (Å²) in [4.78, 5) is 0. The predicted octanol–water partition coefficient (Wildman–Crippen LogP) is 0.956. The maximum atomic E-state index is 12.0. The van der Waals surface area contributed by atoms with Gasteiger partial charge < -0.3 is 0 Å². The third-order valence-electron chi connectivity index (χ3n) is 1.74. The Kier molecular flexibility index (Phi) is 4.03. The van der Waals surface area contributed by atoms with Gasteiger partial charge in [-0.25, -0.2) is 16.8 Å². The molecular formula is C8H8F3NO4S2. The molecule has 1 aromatic carbocycles. The zero-order valence-electron chi connectivity index (χ0n) is 8.68. The van der Waals surface area contributed by atoms with Crippen LogP contribution < -0.4 is 4.13 Å². The molecule has 1 N–H and O–H groups in total. The Labute approximate surface area is 102 Å². The Morgan fingerprint density at radius 2 is 1.50 bits per heavy atom. The zero-order valence-corrected chi connectivity index (χ0v) is 10.3. The molecule has 1 aromatic rings. The molecule has 0 unspecified atom stereocenters. The van der Waals surface area contributed by atoms with Crippen LogP contribution in [0.25, 0.3) is 0 Å². The smallest absolute Gasteiger partial charge is 0.211 e. The second kappa shape index (κ2) is 4.86. The Morgan fingerprint density at radius 1 is 1.00 bits per heavy atom. The quantitative estimate of drug-likeness (QED) is 0.898. The van der Waals surface area contributed by atoms with Crippen molar-refractivity contribution in [1.82, 2.24) is 4.13 Å². The van der Waals surface area contributed by atoms with Crippen LogP contribution in [0.2, 0.25) is 0 Å². The van der Waals surface area contributed by atoms with Gasteiger partial charge in [0, 0.05) is 0 Å². The van der Waals surface area contributed by atoms with Crippen molar-refractivity contribution in [3.8, 4) is 0 Å². The van der Waals surface area contributed by atoms with E-state index in [1.54, 1.807) is 6.07 Å². The van der Waals surface area contributed by atoms with Gasteiger partial charge in [-0.05, 0) is 5.56 Å². The largest absolute Gasteiger partial charge is 0.512 e. The maximum absolute atomic E-state index is 12.0. The minimum absolute atomic E-state index is 0.169. The molecule has 5 nitrogen and oxygen atoms in total. The van der Waals surface area contributed by atoms with Crippen LogP contribution in [0.4, 0.5) is 13.2 Å². The summed E-state index contributed by atoms with van der Waals surface area (Å²) in [6.45, 7) is 0. The van der Waals surface area contributed by atoms with Crippen LogP contribution >= 0.6 is 0 Å². The van der Waals surface area contributed by atoms with Crippen LogP contribution in [-0.2, 0) is 25.8 Å². The highest BCUT2D eigenvalue weighted by Gasteiger charge is 2.48. The van der Waals surface area contributed by atoms with Crippen LogP contribution in [-0.4, -0.2) is 22.3 Å². The summed E-state index contributed by atoms with van der Waals surface area (Å²) < 4.78 is 80.4. The number of nitrogens with one attached hydrogen (secondary N) is 1. The van der Waals surface area contributed by atoms with E-state index in [1.807, 2.05) is 0 Å². The van der Waals surface area contributed by atoms with Gasteiger partial charge in [-0.1, -0.05) is 30.3 Å². The van der Waals surface area contributed by atoms with Gasteiger partial charge in [-0.15, -0.1) is 4.13 Å². The Bertz CT molecular complexity index is 607. The number of benzene rings is 1. The van der Waals surface area contributed by atoms with Gasteiger partial charge in [-0.2, -0.15) is 13.2 Å². The molecule has 0 atom stereocenters. The summed E-state index contributed by atoms with van der Waals surface area (Å²) in [6.07, 6.45) is 0. The molecule has 0 radical (unpaired) electrons. The van der Waals surface area contributed by atoms with Crippen LogP contribution in [0.15, 0.2) is 30.3 Å². The highest BCUT2D eigenvalue weighted by molar-refractivity contribution is 8.04. The average molecular weight is 303 g/mol. The Hall–Kier alpha value is -1.13. The van der Waals surface area contributed by atoms with Gasteiger partial charge in [0.15, 0.2) is 0 Å². The Balaban J connectivity index is 2.92. The molecule has 0 saturated carbocycles. The van der Waals surface area contributed by atoms with Crippen LogP contribution in [0, 0.1) is 0 Å². The molecule has 0 aliphatic rings. The van der Waals surface area contributed by atoms with E-state index < -0.39 is 31.3 Å². The average Bonchev–Trinajstić information content (AvgIpc) is 2.14. The molecule has 0 aliphatic carbocycles. The van der Waals surface area contributed by atoms with E-state index in [4.69, 9.17) is 0 Å². The number of halogens is 3. The normalized spacial score (nSPS) is 13.5. The molecule has 1 rings (SSSR count). The van der Waals surface area contributed by atoms with Gasteiger partial charge in [0.2, 0.25) is 10.0 Å². The number of hydrogen-bond donors (Lipinski definition) is 1. The monoisotopic (exact) mass is 303 g/mol. The fourth-order valence-electron chi connectivity index (χ4n) is 1.04. The van der Waals surface area contributed by atoms with Crippen molar-refractivity contribution in [2.75, 3.05) is 0 Å². The first kappa shape index (κ1) is 14.9. The van der Waals surface area contributed by atoms with E-state index in [9.17, 15) is 30.0 Å². The fraction of sp³-hybridized carbons (Fsp3) is 0.250. The lowest BCUT2D eigenvalue weighted by molar-refractivity contribution is -0.0441. The second-order valence-electron chi connectivity index (χ2n) is 3.28. The summed E-state index contributed by atoms with van der Waals surface area (Å²) in [7, 11) is -10.5. The molecule has 0 spiro atoms. The first-order chi connectivity index (χ1) is 8.04. The second-order valence-corrected chi connectivity index (χ2v) is 6.93. The molecule has 0 heterocycles. The van der Waals surface area contributed by atoms with Crippen molar-refractivity contribution in [2.24, 2.45) is 0 Å².